The molecule has 3 aromatic rings. The SMILES string of the molecule is CN(C)[C@@H]1C(O)=C(C(N)=O)C(=O)[C@@]2(O)C(O)=C3C(=O)c4c(O)ccc(-c5ccc(NC(=O)c6ccno6)cc5)c4C[C@H]3C[C@H]12. The van der Waals surface area contributed by atoms with Crippen LogP contribution in [0.4, 0.5) is 5.69 Å². The van der Waals surface area contributed by atoms with Crippen LogP contribution in [0.2, 0.25) is 0 Å². The Morgan fingerprint density at radius 3 is 2.39 bits per heavy atom. The Morgan fingerprint density at radius 1 is 1.07 bits per heavy atom. The van der Waals surface area contributed by atoms with E-state index in [0.29, 0.717) is 22.4 Å². The van der Waals surface area contributed by atoms with E-state index in [-0.39, 0.29) is 35.5 Å². The zero-order valence-corrected chi connectivity index (χ0v) is 23.6. The molecule has 0 saturated carbocycles. The number of phenols is 1. The number of Topliss-reactive ketones (excluding diaryl/α,β-unsaturated/α-hetero) is 2. The third-order valence-electron chi connectivity index (χ3n) is 8.72. The summed E-state index contributed by atoms with van der Waals surface area (Å²) < 4.78 is 4.87. The number of carbonyl (C=O) groups is 4. The Hall–Kier alpha value is -5.27. The molecular weight excluding hydrogens is 572 g/mol. The van der Waals surface area contributed by atoms with E-state index >= 15 is 0 Å². The molecule has 1 aromatic heterocycles. The van der Waals surface area contributed by atoms with Gasteiger partial charge in [0.05, 0.1) is 17.8 Å². The summed E-state index contributed by atoms with van der Waals surface area (Å²) in [5.41, 5.74) is 3.73. The zero-order chi connectivity index (χ0) is 31.7. The number of aliphatic hydroxyl groups excluding tert-OH is 2. The van der Waals surface area contributed by atoms with Crippen molar-refractivity contribution in [3.8, 4) is 16.9 Å². The number of primary amides is 1. The van der Waals surface area contributed by atoms with Gasteiger partial charge < -0.3 is 36.0 Å². The lowest BCUT2D eigenvalue weighted by atomic mass is 9.58. The van der Waals surface area contributed by atoms with E-state index < -0.39 is 64.0 Å². The van der Waals surface area contributed by atoms with Gasteiger partial charge in [-0.25, -0.2) is 0 Å². The number of anilines is 1. The average Bonchev–Trinajstić information content (AvgIpc) is 3.51. The number of aliphatic hydroxyl groups is 3. The van der Waals surface area contributed by atoms with Crippen LogP contribution in [0.15, 0.2) is 75.8 Å². The first-order valence-corrected chi connectivity index (χ1v) is 13.7. The molecule has 0 fully saturated rings. The number of rotatable bonds is 5. The number of allylic oxidation sites excluding steroid dienone is 1. The van der Waals surface area contributed by atoms with Gasteiger partial charge in [-0.05, 0) is 67.7 Å². The van der Waals surface area contributed by atoms with Gasteiger partial charge in [0.25, 0.3) is 11.8 Å². The molecular formula is C31H28N4O9. The molecule has 0 bridgehead atoms. The molecule has 0 unspecified atom stereocenters. The van der Waals surface area contributed by atoms with Crippen molar-refractivity contribution in [3.05, 3.63) is 88.2 Å². The molecule has 3 aliphatic carbocycles. The van der Waals surface area contributed by atoms with Crippen LogP contribution in [-0.4, -0.2) is 79.6 Å². The number of nitrogens with zero attached hydrogens (tertiary/aromatic N) is 2. The average molecular weight is 601 g/mol. The Balaban J connectivity index is 1.41. The maximum atomic E-state index is 13.9. The van der Waals surface area contributed by atoms with Gasteiger partial charge in [-0.2, -0.15) is 0 Å². The molecule has 0 saturated heterocycles. The van der Waals surface area contributed by atoms with Crippen LogP contribution >= 0.6 is 0 Å². The van der Waals surface area contributed by atoms with Crippen LogP contribution in [0.3, 0.4) is 0 Å². The monoisotopic (exact) mass is 600 g/mol. The Morgan fingerprint density at radius 2 is 1.77 bits per heavy atom. The Bertz CT molecular complexity index is 1810. The number of benzene rings is 2. The van der Waals surface area contributed by atoms with E-state index in [9.17, 15) is 39.6 Å². The summed E-state index contributed by atoms with van der Waals surface area (Å²) >= 11 is 0. The van der Waals surface area contributed by atoms with E-state index in [1.165, 1.54) is 23.2 Å². The lowest BCUT2D eigenvalue weighted by Gasteiger charge is -2.50. The summed E-state index contributed by atoms with van der Waals surface area (Å²) in [7, 11) is 3.14. The number of aromatic nitrogens is 1. The zero-order valence-electron chi connectivity index (χ0n) is 23.6. The maximum absolute atomic E-state index is 13.9. The predicted octanol–water partition coefficient (Wildman–Crippen LogP) is 2.03. The lowest BCUT2D eigenvalue weighted by Crippen LogP contribution is -2.63. The highest BCUT2D eigenvalue weighted by Crippen LogP contribution is 2.53. The summed E-state index contributed by atoms with van der Waals surface area (Å²) in [6, 6.07) is 10.1. The molecule has 4 atom stereocenters. The van der Waals surface area contributed by atoms with Gasteiger partial charge in [0.15, 0.2) is 11.4 Å². The molecule has 0 radical (unpaired) electrons. The van der Waals surface area contributed by atoms with Gasteiger partial charge in [0.2, 0.25) is 11.5 Å². The quantitative estimate of drug-likeness (QED) is 0.233. The molecule has 13 nitrogen and oxygen atoms in total. The van der Waals surface area contributed by atoms with Crippen molar-refractivity contribution in [2.24, 2.45) is 17.6 Å². The standard InChI is InChI=1S/C31H28N4O9/c1-35(2)24-18-12-14-11-17-16(13-3-5-15(6-4-13)34-30(42)20-9-10-33-44-20)7-8-19(36)22(17)25(37)21(14)27(39)31(18,43)28(40)23(26(24)38)29(32)41/h3-10,14,18,24,36,38-39,43H,11-12H2,1-2H3,(H2,32,41)(H,34,42)/t14-,18+,24-,31-/m0/s1. The molecule has 44 heavy (non-hydrogen) atoms. The highest BCUT2D eigenvalue weighted by atomic mass is 16.5. The van der Waals surface area contributed by atoms with Crippen LogP contribution in [-0.2, 0) is 16.0 Å². The number of likely N-dealkylation sites (N-methyl/N-ethyl adjacent to an activating group) is 1. The number of phenolic OH excluding ortho intramolecular Hbond substituents is 1. The van der Waals surface area contributed by atoms with Crippen molar-refractivity contribution in [1.82, 2.24) is 10.1 Å². The summed E-state index contributed by atoms with van der Waals surface area (Å²) in [5.74, 6) is -7.53. The predicted molar refractivity (Wildman–Crippen MR) is 154 cm³/mol. The van der Waals surface area contributed by atoms with Crippen LogP contribution in [0, 0.1) is 11.8 Å². The number of nitrogens with two attached hydrogens (primary N) is 1. The van der Waals surface area contributed by atoms with Crippen molar-refractivity contribution in [1.29, 1.82) is 0 Å². The minimum atomic E-state index is -2.70. The number of amides is 2. The number of carbonyl (C=O) groups excluding carboxylic acids is 4. The number of aromatic hydroxyl groups is 1. The summed E-state index contributed by atoms with van der Waals surface area (Å²) in [4.78, 5) is 53.3. The van der Waals surface area contributed by atoms with Gasteiger partial charge in [-0.3, -0.25) is 24.1 Å². The molecule has 1 heterocycles. The second-order valence-electron chi connectivity index (χ2n) is 11.4. The molecule has 13 heteroatoms. The third kappa shape index (κ3) is 4.12. The molecule has 2 aromatic carbocycles. The van der Waals surface area contributed by atoms with Crippen LogP contribution in [0.25, 0.3) is 11.1 Å². The highest BCUT2D eigenvalue weighted by molar-refractivity contribution is 6.25. The number of nitrogens with one attached hydrogen (secondary N) is 1. The first-order chi connectivity index (χ1) is 20.9. The molecule has 226 valence electrons. The van der Waals surface area contributed by atoms with Crippen LogP contribution in [0.1, 0.15) is 32.9 Å². The molecule has 6 rings (SSSR count). The fourth-order valence-corrected chi connectivity index (χ4v) is 6.78. The fraction of sp³-hybridized carbons (Fsp3) is 0.258. The second kappa shape index (κ2) is 10.2. The maximum Gasteiger partial charge on any atom is 0.294 e. The van der Waals surface area contributed by atoms with E-state index in [0.717, 1.165) is 0 Å². The molecule has 7 N–H and O–H groups in total. The third-order valence-corrected chi connectivity index (χ3v) is 8.72. The van der Waals surface area contributed by atoms with E-state index in [2.05, 4.69) is 10.5 Å². The summed E-state index contributed by atoms with van der Waals surface area (Å²) in [5, 5.41) is 51.1. The smallest absolute Gasteiger partial charge is 0.294 e. The van der Waals surface area contributed by atoms with Crippen molar-refractivity contribution in [3.63, 3.8) is 0 Å². The largest absolute Gasteiger partial charge is 0.510 e. The first kappa shape index (κ1) is 28.8. The molecule has 3 aliphatic rings. The van der Waals surface area contributed by atoms with Gasteiger partial charge in [-0.15, -0.1) is 0 Å². The van der Waals surface area contributed by atoms with Gasteiger partial charge in [-0.1, -0.05) is 23.4 Å². The molecule has 0 spiro atoms. The van der Waals surface area contributed by atoms with E-state index in [4.69, 9.17) is 10.3 Å². The van der Waals surface area contributed by atoms with Gasteiger partial charge >= 0.3 is 0 Å². The van der Waals surface area contributed by atoms with Crippen LogP contribution in [0.5, 0.6) is 5.75 Å². The molecule has 2 amide bonds. The lowest BCUT2D eigenvalue weighted by molar-refractivity contribution is -0.148. The van der Waals surface area contributed by atoms with Crippen LogP contribution < -0.4 is 11.1 Å². The Kier molecular flexibility index (Phi) is 6.67. The van der Waals surface area contributed by atoms with Crippen molar-refractivity contribution < 1.29 is 44.1 Å². The minimum absolute atomic E-state index is 0.0204. The van der Waals surface area contributed by atoms with Crippen molar-refractivity contribution in [2.75, 3.05) is 19.4 Å². The summed E-state index contributed by atoms with van der Waals surface area (Å²) in [6.45, 7) is 0. The van der Waals surface area contributed by atoms with Gasteiger partial charge in [0.1, 0.15) is 22.8 Å². The highest BCUT2D eigenvalue weighted by Gasteiger charge is 2.63. The van der Waals surface area contributed by atoms with E-state index in [1.54, 1.807) is 44.4 Å². The second-order valence-corrected chi connectivity index (χ2v) is 11.4. The summed E-state index contributed by atoms with van der Waals surface area (Å²) in [6.07, 6.45) is 1.47. The number of fused-ring (bicyclic) bond motifs is 3. The van der Waals surface area contributed by atoms with E-state index in [1.807, 2.05) is 0 Å². The molecule has 0 aliphatic heterocycles. The fourth-order valence-electron chi connectivity index (χ4n) is 6.78. The Labute approximate surface area is 249 Å². The normalized spacial score (nSPS) is 24.6. The number of hydrogen-bond donors (Lipinski definition) is 6. The first-order valence-electron chi connectivity index (χ1n) is 13.7. The topological polar surface area (TPSA) is 217 Å². The van der Waals surface area contributed by atoms with Gasteiger partial charge in [0, 0.05) is 23.2 Å². The number of ketones is 2. The van der Waals surface area contributed by atoms with Crippen molar-refractivity contribution >= 4 is 29.1 Å². The minimum Gasteiger partial charge on any atom is -0.510 e. The number of hydrogen-bond acceptors (Lipinski definition) is 11. The van der Waals surface area contributed by atoms with Crippen molar-refractivity contribution in [2.45, 2.75) is 24.5 Å².